The number of amides is 2. The molecule has 0 aliphatic carbocycles. The zero-order valence-electron chi connectivity index (χ0n) is 19.8. The topological polar surface area (TPSA) is 79.6 Å². The molecule has 6 nitrogen and oxygen atoms in total. The van der Waals surface area contributed by atoms with Gasteiger partial charge in [-0.2, -0.15) is 31.6 Å². The van der Waals surface area contributed by atoms with Crippen LogP contribution in [0.4, 0.5) is 32.0 Å². The summed E-state index contributed by atoms with van der Waals surface area (Å²) in [6, 6.07) is 8.26. The quantitative estimate of drug-likeness (QED) is 0.372. The number of imide groups is 1. The molecular formula is C26H20F6N2O4. The monoisotopic (exact) mass is 538 g/mol. The van der Waals surface area contributed by atoms with Crippen LogP contribution >= 0.6 is 0 Å². The third-order valence-electron chi connectivity index (χ3n) is 7.67. The second-order valence-electron chi connectivity index (χ2n) is 9.91. The molecule has 0 N–H and O–H groups in total. The minimum atomic E-state index is -4.87. The summed E-state index contributed by atoms with van der Waals surface area (Å²) in [5.74, 6) is -3.08. The molecule has 2 unspecified atom stereocenters. The summed E-state index contributed by atoms with van der Waals surface area (Å²) in [5.41, 5.74) is -5.12. The van der Waals surface area contributed by atoms with Crippen LogP contribution in [-0.4, -0.2) is 29.6 Å². The fraction of sp³-hybridized carbons (Fsp3) is 0.423. The van der Waals surface area contributed by atoms with Crippen LogP contribution < -0.4 is 9.64 Å². The number of carbonyl (C=O) groups is 2. The average molecular weight is 538 g/mol. The third-order valence-corrected chi connectivity index (χ3v) is 7.67. The van der Waals surface area contributed by atoms with Gasteiger partial charge in [0.1, 0.15) is 5.75 Å². The highest BCUT2D eigenvalue weighted by Crippen LogP contribution is 2.62. The Balaban J connectivity index is 1.39. The van der Waals surface area contributed by atoms with Gasteiger partial charge in [0.2, 0.25) is 11.8 Å². The molecule has 12 heteroatoms. The lowest BCUT2D eigenvalue weighted by Crippen LogP contribution is -2.43. The van der Waals surface area contributed by atoms with Gasteiger partial charge in [0.05, 0.1) is 58.1 Å². The van der Waals surface area contributed by atoms with Crippen molar-refractivity contribution >= 4 is 17.5 Å². The lowest BCUT2D eigenvalue weighted by atomic mass is 9.67. The maximum atomic E-state index is 13.5. The second kappa shape index (κ2) is 8.46. The van der Waals surface area contributed by atoms with Crippen molar-refractivity contribution in [3.8, 4) is 11.8 Å². The molecule has 0 spiro atoms. The van der Waals surface area contributed by atoms with E-state index in [1.165, 1.54) is 18.2 Å². The first kappa shape index (κ1) is 26.0. The summed E-state index contributed by atoms with van der Waals surface area (Å²) in [7, 11) is 0. The van der Waals surface area contributed by atoms with Gasteiger partial charge in [0, 0.05) is 6.42 Å². The summed E-state index contributed by atoms with van der Waals surface area (Å²) in [5, 5.41) is 9.06. The number of nitrogens with zero attached hydrogens (tertiary/aromatic N) is 2. The number of rotatable bonds is 5. The molecule has 38 heavy (non-hydrogen) atoms. The third kappa shape index (κ3) is 4.00. The zero-order valence-corrected chi connectivity index (χ0v) is 19.8. The van der Waals surface area contributed by atoms with Crippen LogP contribution in [0.3, 0.4) is 0 Å². The van der Waals surface area contributed by atoms with Crippen LogP contribution in [0, 0.1) is 23.2 Å². The predicted octanol–water partition coefficient (Wildman–Crippen LogP) is 5.49. The first-order valence-electron chi connectivity index (χ1n) is 11.7. The fourth-order valence-electron chi connectivity index (χ4n) is 5.95. The predicted molar refractivity (Wildman–Crippen MR) is 119 cm³/mol. The summed E-state index contributed by atoms with van der Waals surface area (Å²) in [6.07, 6.45) is -8.39. The lowest BCUT2D eigenvalue weighted by molar-refractivity contribution is -0.138. The Morgan fingerprint density at radius 2 is 1.66 bits per heavy atom. The molecule has 0 saturated carbocycles. The van der Waals surface area contributed by atoms with Crippen LogP contribution in [0.1, 0.15) is 42.9 Å². The molecule has 3 aliphatic heterocycles. The van der Waals surface area contributed by atoms with E-state index in [-0.39, 0.29) is 24.5 Å². The minimum absolute atomic E-state index is 0.0266. The maximum Gasteiger partial charge on any atom is 0.417 e. The van der Waals surface area contributed by atoms with Crippen molar-refractivity contribution in [2.75, 3.05) is 11.5 Å². The van der Waals surface area contributed by atoms with E-state index in [4.69, 9.17) is 14.7 Å². The first-order valence-corrected chi connectivity index (χ1v) is 11.7. The van der Waals surface area contributed by atoms with E-state index < -0.39 is 63.9 Å². The van der Waals surface area contributed by atoms with Crippen LogP contribution in [0.25, 0.3) is 0 Å². The van der Waals surface area contributed by atoms with E-state index in [0.29, 0.717) is 18.9 Å². The molecule has 2 aromatic carbocycles. The molecule has 0 radical (unpaired) electrons. The normalized spacial score (nSPS) is 28.5. The van der Waals surface area contributed by atoms with Crippen LogP contribution in [-0.2, 0) is 26.7 Å². The number of carbonyl (C=O) groups excluding carboxylic acids is 2. The number of ether oxygens (including phenoxy) is 2. The Kier molecular flexibility index (Phi) is 5.80. The highest BCUT2D eigenvalue weighted by Gasteiger charge is 2.73. The number of fused-ring (bicyclic) bond motifs is 5. The molecule has 5 rings (SSSR count). The molecule has 0 aromatic heterocycles. The molecule has 3 aliphatic rings. The van der Waals surface area contributed by atoms with Gasteiger partial charge < -0.3 is 9.47 Å². The molecule has 2 amide bonds. The SMILES string of the molecule is CC12CCC(CCOc3ccc(C(F)(F)F)cc3)(O1)[C@H]1C(=O)N(c3ccc(C#N)c(C(F)(F)F)c3)C(=O)[C@H]12. The van der Waals surface area contributed by atoms with Gasteiger partial charge >= 0.3 is 12.4 Å². The van der Waals surface area contributed by atoms with E-state index >= 15 is 0 Å². The average Bonchev–Trinajstić information content (AvgIpc) is 3.42. The number of halogens is 6. The van der Waals surface area contributed by atoms with Crippen molar-refractivity contribution in [3.05, 3.63) is 59.2 Å². The number of nitriles is 1. The number of anilines is 1. The van der Waals surface area contributed by atoms with Crippen LogP contribution in [0.5, 0.6) is 5.75 Å². The summed E-state index contributed by atoms with van der Waals surface area (Å²) in [6.45, 7) is 1.66. The highest BCUT2D eigenvalue weighted by molar-refractivity contribution is 6.23. The zero-order chi connectivity index (χ0) is 27.7. The van der Waals surface area contributed by atoms with Crippen molar-refractivity contribution in [1.29, 1.82) is 5.26 Å². The van der Waals surface area contributed by atoms with E-state index in [1.807, 2.05) is 0 Å². The van der Waals surface area contributed by atoms with E-state index in [2.05, 4.69) is 0 Å². The minimum Gasteiger partial charge on any atom is -0.493 e. The van der Waals surface area contributed by atoms with E-state index in [1.54, 1.807) is 6.92 Å². The Hall–Kier alpha value is -3.59. The van der Waals surface area contributed by atoms with Crippen molar-refractivity contribution in [1.82, 2.24) is 0 Å². The van der Waals surface area contributed by atoms with Crippen LogP contribution in [0.15, 0.2) is 42.5 Å². The maximum absolute atomic E-state index is 13.5. The summed E-state index contributed by atoms with van der Waals surface area (Å²) < 4.78 is 90.7. The largest absolute Gasteiger partial charge is 0.493 e. The Bertz CT molecular complexity index is 1350. The van der Waals surface area contributed by atoms with E-state index in [9.17, 15) is 35.9 Å². The van der Waals surface area contributed by atoms with Crippen molar-refractivity contribution in [2.24, 2.45) is 11.8 Å². The molecular weight excluding hydrogens is 518 g/mol. The summed E-state index contributed by atoms with van der Waals surface area (Å²) >= 11 is 0. The van der Waals surface area contributed by atoms with Crippen molar-refractivity contribution in [2.45, 2.75) is 49.7 Å². The second-order valence-corrected chi connectivity index (χ2v) is 9.91. The Morgan fingerprint density at radius 3 is 2.26 bits per heavy atom. The molecule has 3 heterocycles. The van der Waals surface area contributed by atoms with Gasteiger partial charge in [-0.15, -0.1) is 0 Å². The van der Waals surface area contributed by atoms with Gasteiger partial charge in [-0.25, -0.2) is 4.90 Å². The first-order chi connectivity index (χ1) is 17.7. The van der Waals surface area contributed by atoms with Gasteiger partial charge in [-0.05, 0) is 62.2 Å². The highest BCUT2D eigenvalue weighted by atomic mass is 19.4. The van der Waals surface area contributed by atoms with Crippen LogP contribution in [0.2, 0.25) is 0 Å². The molecule has 3 saturated heterocycles. The Morgan fingerprint density at radius 1 is 1.00 bits per heavy atom. The standard InChI is InChI=1S/C26H20F6N2O4/c1-23-8-9-24(38-23,10-11-37-17-6-3-15(4-7-17)25(27,28)29)20-19(23)21(35)34(22(20)36)16-5-2-14(13-33)18(12-16)26(30,31)32/h2-7,12,19-20H,8-11H2,1H3/t19-,20+,23?,24?/m0/s1. The molecule has 2 bridgehead atoms. The van der Waals surface area contributed by atoms with Gasteiger partial charge in [-0.1, -0.05) is 0 Å². The number of hydrogen-bond acceptors (Lipinski definition) is 5. The molecule has 2 aromatic rings. The van der Waals surface area contributed by atoms with Gasteiger partial charge in [-0.3, -0.25) is 9.59 Å². The van der Waals surface area contributed by atoms with E-state index in [0.717, 1.165) is 29.2 Å². The number of benzene rings is 2. The smallest absolute Gasteiger partial charge is 0.417 e. The fourth-order valence-corrected chi connectivity index (χ4v) is 5.95. The molecule has 200 valence electrons. The molecule has 3 fully saturated rings. The molecule has 4 atom stereocenters. The summed E-state index contributed by atoms with van der Waals surface area (Å²) in [4.78, 5) is 27.7. The van der Waals surface area contributed by atoms with Gasteiger partial charge in [0.25, 0.3) is 0 Å². The Labute approximate surface area is 212 Å². The lowest BCUT2D eigenvalue weighted by Gasteiger charge is -2.31. The number of hydrogen-bond donors (Lipinski definition) is 0. The van der Waals surface area contributed by atoms with Crippen molar-refractivity contribution in [3.63, 3.8) is 0 Å². The number of alkyl halides is 6. The van der Waals surface area contributed by atoms with Gasteiger partial charge in [0.15, 0.2) is 0 Å². The van der Waals surface area contributed by atoms with Crippen molar-refractivity contribution < 1.29 is 45.4 Å².